The van der Waals surface area contributed by atoms with E-state index in [4.69, 9.17) is 4.74 Å². The summed E-state index contributed by atoms with van der Waals surface area (Å²) in [5, 5.41) is 0.330. The van der Waals surface area contributed by atoms with E-state index < -0.39 is 10.2 Å². The van der Waals surface area contributed by atoms with Crippen molar-refractivity contribution >= 4 is 36.9 Å². The first-order valence-electron chi connectivity index (χ1n) is 5.64. The number of benzene rings is 1. The SMILES string of the molecule is COc1ccc2nc(NS(=O)(=O)NC(C)C)sc2c1. The van der Waals surface area contributed by atoms with Gasteiger partial charge in [-0.05, 0) is 32.0 Å². The van der Waals surface area contributed by atoms with Gasteiger partial charge in [0.05, 0.1) is 17.3 Å². The van der Waals surface area contributed by atoms with Gasteiger partial charge >= 0.3 is 10.2 Å². The zero-order valence-corrected chi connectivity index (χ0v) is 12.4. The van der Waals surface area contributed by atoms with Gasteiger partial charge in [0.2, 0.25) is 0 Å². The monoisotopic (exact) mass is 301 g/mol. The predicted molar refractivity (Wildman–Crippen MR) is 77.0 cm³/mol. The topological polar surface area (TPSA) is 80.3 Å². The van der Waals surface area contributed by atoms with Crippen molar-refractivity contribution in [1.82, 2.24) is 9.71 Å². The van der Waals surface area contributed by atoms with Gasteiger partial charge < -0.3 is 4.74 Å². The van der Waals surface area contributed by atoms with Gasteiger partial charge in [-0.2, -0.15) is 13.1 Å². The highest BCUT2D eigenvalue weighted by molar-refractivity contribution is 7.91. The van der Waals surface area contributed by atoms with E-state index in [-0.39, 0.29) is 6.04 Å². The van der Waals surface area contributed by atoms with Crippen molar-refractivity contribution in [3.05, 3.63) is 18.2 Å². The second-order valence-corrected chi connectivity index (χ2v) is 6.71. The molecule has 6 nitrogen and oxygen atoms in total. The molecule has 0 unspecified atom stereocenters. The zero-order valence-electron chi connectivity index (χ0n) is 10.8. The fourth-order valence-electron chi connectivity index (χ4n) is 1.53. The van der Waals surface area contributed by atoms with Gasteiger partial charge in [-0.1, -0.05) is 11.3 Å². The first-order valence-corrected chi connectivity index (χ1v) is 7.94. The number of nitrogens with zero attached hydrogens (tertiary/aromatic N) is 1. The number of methoxy groups -OCH3 is 1. The van der Waals surface area contributed by atoms with E-state index in [0.29, 0.717) is 10.9 Å². The summed E-state index contributed by atoms with van der Waals surface area (Å²) in [4.78, 5) is 4.21. The highest BCUT2D eigenvalue weighted by atomic mass is 32.2. The molecule has 0 saturated carbocycles. The molecule has 0 spiro atoms. The van der Waals surface area contributed by atoms with Crippen molar-refractivity contribution in [3.63, 3.8) is 0 Å². The van der Waals surface area contributed by atoms with Crippen molar-refractivity contribution in [3.8, 4) is 5.75 Å². The summed E-state index contributed by atoms with van der Waals surface area (Å²) in [5.74, 6) is 0.714. The average molecular weight is 301 g/mol. The number of ether oxygens (including phenoxy) is 1. The lowest BCUT2D eigenvalue weighted by molar-refractivity contribution is 0.415. The maximum Gasteiger partial charge on any atom is 0.301 e. The molecule has 8 heteroatoms. The number of nitrogens with one attached hydrogen (secondary N) is 2. The van der Waals surface area contributed by atoms with Gasteiger partial charge in [0.15, 0.2) is 5.13 Å². The molecule has 0 bridgehead atoms. The minimum atomic E-state index is -3.58. The van der Waals surface area contributed by atoms with Crippen LogP contribution in [0.2, 0.25) is 0 Å². The van der Waals surface area contributed by atoms with Crippen LogP contribution < -0.4 is 14.2 Å². The summed E-state index contributed by atoms with van der Waals surface area (Å²) in [5.41, 5.74) is 0.730. The zero-order chi connectivity index (χ0) is 14.0. The molecule has 0 radical (unpaired) electrons. The van der Waals surface area contributed by atoms with Crippen LogP contribution in [0.15, 0.2) is 18.2 Å². The Labute approximate surface area is 116 Å². The largest absolute Gasteiger partial charge is 0.497 e. The van der Waals surface area contributed by atoms with E-state index in [1.165, 1.54) is 11.3 Å². The Balaban J connectivity index is 2.27. The summed E-state index contributed by atoms with van der Waals surface area (Å²) < 4.78 is 34.3. The Kier molecular flexibility index (Phi) is 3.93. The van der Waals surface area contributed by atoms with Crippen molar-refractivity contribution in [2.75, 3.05) is 11.8 Å². The first-order chi connectivity index (χ1) is 8.89. The molecule has 1 aromatic carbocycles. The molecule has 0 aliphatic carbocycles. The molecule has 19 heavy (non-hydrogen) atoms. The molecule has 104 valence electrons. The molecular formula is C11H15N3O3S2. The van der Waals surface area contributed by atoms with Gasteiger partial charge in [-0.3, -0.25) is 0 Å². The molecule has 0 aliphatic heterocycles. The van der Waals surface area contributed by atoms with Crippen LogP contribution in [-0.2, 0) is 10.2 Å². The van der Waals surface area contributed by atoms with Crippen LogP contribution in [0.4, 0.5) is 5.13 Å². The van der Waals surface area contributed by atoms with E-state index in [1.54, 1.807) is 33.1 Å². The van der Waals surface area contributed by atoms with Crippen LogP contribution in [-0.4, -0.2) is 26.6 Å². The number of hydrogen-bond acceptors (Lipinski definition) is 5. The van der Waals surface area contributed by atoms with Crippen molar-refractivity contribution in [2.45, 2.75) is 19.9 Å². The lowest BCUT2D eigenvalue weighted by Crippen LogP contribution is -2.35. The normalized spacial score (nSPS) is 12.0. The minimum absolute atomic E-state index is 0.174. The lowest BCUT2D eigenvalue weighted by Gasteiger charge is -2.08. The Bertz CT molecular complexity index is 680. The molecule has 1 heterocycles. The summed E-state index contributed by atoms with van der Waals surface area (Å²) in [6.07, 6.45) is 0. The van der Waals surface area contributed by atoms with Crippen LogP contribution in [0, 0.1) is 0 Å². The maximum absolute atomic E-state index is 11.7. The summed E-state index contributed by atoms with van der Waals surface area (Å²) in [6.45, 7) is 3.50. The summed E-state index contributed by atoms with van der Waals surface area (Å²) >= 11 is 1.26. The first kappa shape index (κ1) is 14.0. The number of rotatable bonds is 5. The van der Waals surface area contributed by atoms with Crippen molar-refractivity contribution < 1.29 is 13.2 Å². The van der Waals surface area contributed by atoms with Gasteiger partial charge in [0, 0.05) is 6.04 Å². The Morgan fingerprint density at radius 1 is 1.37 bits per heavy atom. The standard InChI is InChI=1S/C11H15N3O3S2/c1-7(2)13-19(15,16)14-11-12-9-5-4-8(17-3)6-10(9)18-11/h4-7,13H,1-3H3,(H,12,14). The molecule has 0 fully saturated rings. The van der Waals surface area contributed by atoms with E-state index in [9.17, 15) is 8.42 Å². The second-order valence-electron chi connectivity index (χ2n) is 4.23. The van der Waals surface area contributed by atoms with Crippen LogP contribution in [0.5, 0.6) is 5.75 Å². The lowest BCUT2D eigenvalue weighted by atomic mass is 10.3. The number of fused-ring (bicyclic) bond motifs is 1. The van der Waals surface area contributed by atoms with E-state index in [2.05, 4.69) is 14.4 Å². The van der Waals surface area contributed by atoms with E-state index in [1.807, 2.05) is 6.07 Å². The molecule has 2 aromatic rings. The van der Waals surface area contributed by atoms with Crippen molar-refractivity contribution in [1.29, 1.82) is 0 Å². The third-order valence-electron chi connectivity index (χ3n) is 2.21. The number of thiazole rings is 1. The third kappa shape index (κ3) is 3.55. The Morgan fingerprint density at radius 3 is 2.74 bits per heavy atom. The fraction of sp³-hybridized carbons (Fsp3) is 0.364. The van der Waals surface area contributed by atoms with Crippen molar-refractivity contribution in [2.24, 2.45) is 0 Å². The number of anilines is 1. The molecule has 1 aromatic heterocycles. The van der Waals surface area contributed by atoms with Gasteiger partial charge in [-0.25, -0.2) is 9.71 Å². The summed E-state index contributed by atoms with van der Waals surface area (Å²) in [6, 6.07) is 5.22. The van der Waals surface area contributed by atoms with E-state index >= 15 is 0 Å². The minimum Gasteiger partial charge on any atom is -0.497 e. The average Bonchev–Trinajstić information content (AvgIpc) is 2.66. The highest BCUT2D eigenvalue weighted by Crippen LogP contribution is 2.29. The van der Waals surface area contributed by atoms with Gasteiger partial charge in [-0.15, -0.1) is 0 Å². The number of aromatic nitrogens is 1. The smallest absolute Gasteiger partial charge is 0.301 e. The quantitative estimate of drug-likeness (QED) is 0.884. The Hall–Kier alpha value is -1.38. The molecule has 0 saturated heterocycles. The van der Waals surface area contributed by atoms with E-state index in [0.717, 1.165) is 10.2 Å². The molecule has 2 rings (SSSR count). The fourth-order valence-corrected chi connectivity index (χ4v) is 3.73. The maximum atomic E-state index is 11.7. The Morgan fingerprint density at radius 2 is 2.11 bits per heavy atom. The predicted octanol–water partition coefficient (Wildman–Crippen LogP) is 1.96. The van der Waals surface area contributed by atoms with Crippen LogP contribution in [0.1, 0.15) is 13.8 Å². The highest BCUT2D eigenvalue weighted by Gasteiger charge is 2.14. The van der Waals surface area contributed by atoms with Crippen LogP contribution >= 0.6 is 11.3 Å². The molecule has 2 N–H and O–H groups in total. The van der Waals surface area contributed by atoms with Gasteiger partial charge in [0.1, 0.15) is 5.75 Å². The molecule has 0 amide bonds. The summed E-state index contributed by atoms with van der Waals surface area (Å²) in [7, 11) is -2.00. The molecule has 0 aliphatic rings. The van der Waals surface area contributed by atoms with Crippen LogP contribution in [0.3, 0.4) is 0 Å². The van der Waals surface area contributed by atoms with Gasteiger partial charge in [0.25, 0.3) is 0 Å². The molecular weight excluding hydrogens is 286 g/mol. The van der Waals surface area contributed by atoms with Crippen LogP contribution in [0.25, 0.3) is 10.2 Å². The second kappa shape index (κ2) is 5.32. The third-order valence-corrected chi connectivity index (χ3v) is 4.51. The molecule has 0 atom stereocenters. The number of hydrogen-bond donors (Lipinski definition) is 2.